The van der Waals surface area contributed by atoms with Gasteiger partial charge in [0.05, 0.1) is 0 Å². The molecule has 5 heteroatoms. The van der Waals surface area contributed by atoms with Crippen LogP contribution in [0.2, 0.25) is 0 Å². The summed E-state index contributed by atoms with van der Waals surface area (Å²) in [5, 5.41) is 14.6. The van der Waals surface area contributed by atoms with Gasteiger partial charge >= 0.3 is 12.0 Å². The van der Waals surface area contributed by atoms with Gasteiger partial charge in [-0.1, -0.05) is 39.0 Å². The fourth-order valence-electron chi connectivity index (χ4n) is 2.38. The third kappa shape index (κ3) is 5.39. The zero-order chi connectivity index (χ0) is 15.0. The predicted octanol–water partition coefficient (Wildman–Crippen LogP) is 2.90. The highest BCUT2D eigenvalue weighted by molar-refractivity contribution is 5.86. The topological polar surface area (TPSA) is 78.4 Å². The molecule has 0 spiro atoms. The molecular formula is C15H28N2O3. The molecule has 0 aromatic heterocycles. The van der Waals surface area contributed by atoms with E-state index in [1.807, 2.05) is 0 Å². The number of aliphatic carboxylic acids is 1. The number of unbranched alkanes of at least 4 members (excludes halogenated alkanes) is 5. The van der Waals surface area contributed by atoms with Crippen LogP contribution in [0.3, 0.4) is 0 Å². The van der Waals surface area contributed by atoms with Crippen LogP contribution in [-0.2, 0) is 4.79 Å². The first-order valence-electron chi connectivity index (χ1n) is 7.80. The monoisotopic (exact) mass is 284 g/mol. The molecule has 0 heterocycles. The van der Waals surface area contributed by atoms with Crippen LogP contribution in [0.4, 0.5) is 4.79 Å². The fraction of sp³-hybridized carbons (Fsp3) is 0.867. The number of rotatable bonds is 10. The molecule has 1 atom stereocenters. The molecule has 1 fully saturated rings. The highest BCUT2D eigenvalue weighted by Gasteiger charge is 2.48. The van der Waals surface area contributed by atoms with Crippen molar-refractivity contribution in [3.63, 3.8) is 0 Å². The SMILES string of the molecule is CCCCCCCCNC(=O)NC(C)(C(=O)O)C1CC1. The molecule has 2 amide bonds. The average molecular weight is 284 g/mol. The van der Waals surface area contributed by atoms with Crippen LogP contribution in [-0.4, -0.2) is 29.2 Å². The lowest BCUT2D eigenvalue weighted by molar-refractivity contribution is -0.144. The smallest absolute Gasteiger partial charge is 0.329 e. The second-order valence-electron chi connectivity index (χ2n) is 5.93. The maximum Gasteiger partial charge on any atom is 0.329 e. The molecule has 3 N–H and O–H groups in total. The number of hydrogen-bond acceptors (Lipinski definition) is 2. The number of nitrogens with one attached hydrogen (secondary N) is 2. The van der Waals surface area contributed by atoms with Crippen molar-refractivity contribution in [2.75, 3.05) is 6.54 Å². The van der Waals surface area contributed by atoms with Crippen molar-refractivity contribution >= 4 is 12.0 Å². The molecule has 1 aliphatic carbocycles. The first-order chi connectivity index (χ1) is 9.50. The maximum absolute atomic E-state index is 11.7. The molecule has 0 aliphatic heterocycles. The third-order valence-electron chi connectivity index (χ3n) is 4.03. The summed E-state index contributed by atoms with van der Waals surface area (Å²) < 4.78 is 0. The van der Waals surface area contributed by atoms with Gasteiger partial charge < -0.3 is 15.7 Å². The van der Waals surface area contributed by atoms with Crippen LogP contribution in [0.1, 0.15) is 65.2 Å². The normalized spacial score (nSPS) is 17.3. The van der Waals surface area contributed by atoms with Crippen molar-refractivity contribution in [1.29, 1.82) is 0 Å². The fourth-order valence-corrected chi connectivity index (χ4v) is 2.38. The van der Waals surface area contributed by atoms with Gasteiger partial charge in [0.2, 0.25) is 0 Å². The standard InChI is InChI=1S/C15H28N2O3/c1-3-4-5-6-7-8-11-16-14(20)17-15(2,13(18)19)12-9-10-12/h12H,3-11H2,1-2H3,(H,18,19)(H2,16,17,20). The first kappa shape index (κ1) is 16.8. The summed E-state index contributed by atoms with van der Waals surface area (Å²) >= 11 is 0. The van der Waals surface area contributed by atoms with Crippen molar-refractivity contribution in [1.82, 2.24) is 10.6 Å². The Morgan fingerprint density at radius 3 is 2.30 bits per heavy atom. The second-order valence-corrected chi connectivity index (χ2v) is 5.93. The Morgan fingerprint density at radius 2 is 1.75 bits per heavy atom. The summed E-state index contributed by atoms with van der Waals surface area (Å²) in [5.74, 6) is -0.880. The molecular weight excluding hydrogens is 256 g/mol. The van der Waals surface area contributed by atoms with Gasteiger partial charge in [-0.05, 0) is 32.1 Å². The molecule has 0 aromatic rings. The minimum atomic E-state index is -1.12. The number of amides is 2. The zero-order valence-electron chi connectivity index (χ0n) is 12.7. The van der Waals surface area contributed by atoms with Crippen LogP contribution in [0, 0.1) is 5.92 Å². The Hall–Kier alpha value is -1.26. The van der Waals surface area contributed by atoms with Crippen molar-refractivity contribution in [3.05, 3.63) is 0 Å². The molecule has 0 saturated heterocycles. The van der Waals surface area contributed by atoms with E-state index in [9.17, 15) is 14.7 Å². The number of carbonyl (C=O) groups excluding carboxylic acids is 1. The summed E-state index contributed by atoms with van der Waals surface area (Å²) in [6, 6.07) is -0.365. The first-order valence-corrected chi connectivity index (χ1v) is 7.80. The Kier molecular flexibility index (Phi) is 6.82. The van der Waals surface area contributed by atoms with Crippen molar-refractivity contribution < 1.29 is 14.7 Å². The molecule has 1 unspecified atom stereocenters. The lowest BCUT2D eigenvalue weighted by Crippen LogP contribution is -2.56. The number of carboxylic acids is 1. The van der Waals surface area contributed by atoms with E-state index in [4.69, 9.17) is 0 Å². The molecule has 0 aromatic carbocycles. The lowest BCUT2D eigenvalue weighted by Gasteiger charge is -2.26. The van der Waals surface area contributed by atoms with Crippen LogP contribution >= 0.6 is 0 Å². The molecule has 1 aliphatic rings. The second kappa shape index (κ2) is 8.12. The predicted molar refractivity (Wildman–Crippen MR) is 78.7 cm³/mol. The quantitative estimate of drug-likeness (QED) is 0.540. The van der Waals surface area contributed by atoms with E-state index in [2.05, 4.69) is 17.6 Å². The number of carbonyl (C=O) groups is 2. The van der Waals surface area contributed by atoms with Crippen LogP contribution < -0.4 is 10.6 Å². The van der Waals surface area contributed by atoms with Gasteiger partial charge in [0.1, 0.15) is 5.54 Å². The molecule has 5 nitrogen and oxygen atoms in total. The van der Waals surface area contributed by atoms with E-state index in [1.54, 1.807) is 6.92 Å². The van der Waals surface area contributed by atoms with Crippen LogP contribution in [0.25, 0.3) is 0 Å². The van der Waals surface area contributed by atoms with E-state index >= 15 is 0 Å². The van der Waals surface area contributed by atoms with E-state index in [1.165, 1.54) is 25.7 Å². The minimum absolute atomic E-state index is 0.0693. The summed E-state index contributed by atoms with van der Waals surface area (Å²) in [5.41, 5.74) is -1.12. The van der Waals surface area contributed by atoms with E-state index in [0.29, 0.717) is 6.54 Å². The average Bonchev–Trinajstić information content (AvgIpc) is 3.21. The largest absolute Gasteiger partial charge is 0.480 e. The summed E-state index contributed by atoms with van der Waals surface area (Å²) in [6.45, 7) is 4.39. The zero-order valence-corrected chi connectivity index (χ0v) is 12.7. The number of hydrogen-bond donors (Lipinski definition) is 3. The Bertz CT molecular complexity index is 329. The Balaban J connectivity index is 2.15. The van der Waals surface area contributed by atoms with E-state index in [-0.39, 0.29) is 11.9 Å². The van der Waals surface area contributed by atoms with Gasteiger partial charge in [-0.15, -0.1) is 0 Å². The van der Waals surface area contributed by atoms with E-state index < -0.39 is 11.5 Å². The van der Waals surface area contributed by atoms with Crippen LogP contribution in [0.5, 0.6) is 0 Å². The minimum Gasteiger partial charge on any atom is -0.480 e. The van der Waals surface area contributed by atoms with Crippen molar-refractivity contribution in [2.45, 2.75) is 70.8 Å². The summed E-state index contributed by atoms with van der Waals surface area (Å²) in [7, 11) is 0. The van der Waals surface area contributed by atoms with E-state index in [0.717, 1.165) is 25.7 Å². The lowest BCUT2D eigenvalue weighted by atomic mass is 9.96. The van der Waals surface area contributed by atoms with Gasteiger partial charge in [0, 0.05) is 6.54 Å². The molecule has 0 bridgehead atoms. The highest BCUT2D eigenvalue weighted by Crippen LogP contribution is 2.39. The molecule has 1 saturated carbocycles. The number of urea groups is 1. The Morgan fingerprint density at radius 1 is 1.15 bits per heavy atom. The van der Waals surface area contributed by atoms with Crippen molar-refractivity contribution in [2.24, 2.45) is 5.92 Å². The van der Waals surface area contributed by atoms with Gasteiger partial charge in [0.15, 0.2) is 0 Å². The van der Waals surface area contributed by atoms with Crippen molar-refractivity contribution in [3.8, 4) is 0 Å². The molecule has 20 heavy (non-hydrogen) atoms. The summed E-state index contributed by atoms with van der Waals surface area (Å²) in [6.07, 6.45) is 8.76. The van der Waals surface area contributed by atoms with Gasteiger partial charge in [-0.3, -0.25) is 0 Å². The maximum atomic E-state index is 11.7. The highest BCUT2D eigenvalue weighted by atomic mass is 16.4. The summed E-state index contributed by atoms with van der Waals surface area (Å²) in [4.78, 5) is 23.0. The molecule has 116 valence electrons. The van der Waals surface area contributed by atoms with Gasteiger partial charge in [0.25, 0.3) is 0 Å². The van der Waals surface area contributed by atoms with Crippen LogP contribution in [0.15, 0.2) is 0 Å². The van der Waals surface area contributed by atoms with Gasteiger partial charge in [-0.2, -0.15) is 0 Å². The third-order valence-corrected chi connectivity index (χ3v) is 4.03. The molecule has 0 radical (unpaired) electrons. The number of carboxylic acid groups (broad SMARTS) is 1. The molecule has 1 rings (SSSR count). The Labute approximate surface area is 121 Å². The van der Waals surface area contributed by atoms with Gasteiger partial charge in [-0.25, -0.2) is 9.59 Å².